The average Bonchev–Trinajstić information content (AvgIpc) is 3.10. The third-order valence-corrected chi connectivity index (χ3v) is 5.83. The van der Waals surface area contributed by atoms with E-state index in [1.54, 1.807) is 0 Å². The Morgan fingerprint density at radius 3 is 3.03 bits per heavy atom. The summed E-state index contributed by atoms with van der Waals surface area (Å²) in [7, 11) is 2.12. The maximum absolute atomic E-state index is 12.5. The predicted molar refractivity (Wildman–Crippen MR) is 118 cm³/mol. The number of benzene rings is 1. The number of nitrogens with zero attached hydrogens (tertiary/aromatic N) is 4. The predicted octanol–water partition coefficient (Wildman–Crippen LogP) is 2.41. The lowest BCUT2D eigenvalue weighted by atomic mass is 9.91. The van der Waals surface area contributed by atoms with Crippen LogP contribution in [0.4, 0.5) is 0 Å². The van der Waals surface area contributed by atoms with E-state index in [4.69, 9.17) is 10.7 Å². The molecule has 0 radical (unpaired) electrons. The van der Waals surface area contributed by atoms with Crippen molar-refractivity contribution in [3.63, 3.8) is 0 Å². The molecule has 158 valence electrons. The summed E-state index contributed by atoms with van der Waals surface area (Å²) in [5.41, 5.74) is 9.95. The number of nitrogens with one attached hydrogen (secondary N) is 1. The highest BCUT2D eigenvalue weighted by atomic mass is 16.1. The van der Waals surface area contributed by atoms with Crippen LogP contribution in [0, 0.1) is 0 Å². The Balaban J connectivity index is 1.57. The summed E-state index contributed by atoms with van der Waals surface area (Å²) >= 11 is 0. The van der Waals surface area contributed by atoms with Crippen molar-refractivity contribution in [3.05, 3.63) is 59.7 Å². The Hall–Kier alpha value is -2.77. The highest BCUT2D eigenvalue weighted by Gasteiger charge is 2.26. The first-order valence-corrected chi connectivity index (χ1v) is 10.7. The highest BCUT2D eigenvalue weighted by molar-refractivity contribution is 5.81. The van der Waals surface area contributed by atoms with Crippen LogP contribution in [0.3, 0.4) is 0 Å². The maximum atomic E-state index is 12.5. The van der Waals surface area contributed by atoms with Crippen LogP contribution in [0.25, 0.3) is 11.0 Å². The first-order valence-electron chi connectivity index (χ1n) is 10.7. The molecule has 3 aromatic rings. The molecule has 1 aromatic carbocycles. The van der Waals surface area contributed by atoms with Crippen molar-refractivity contribution >= 4 is 16.9 Å². The molecule has 1 atom stereocenters. The van der Waals surface area contributed by atoms with E-state index in [-0.39, 0.29) is 18.5 Å². The van der Waals surface area contributed by atoms with Gasteiger partial charge in [0.05, 0.1) is 29.3 Å². The minimum atomic E-state index is -0.0137. The van der Waals surface area contributed by atoms with Crippen LogP contribution in [0.5, 0.6) is 0 Å². The zero-order valence-electron chi connectivity index (χ0n) is 17.6. The summed E-state index contributed by atoms with van der Waals surface area (Å²) < 4.78 is 2.03. The Kier molecular flexibility index (Phi) is 6.40. The normalized spacial score (nSPS) is 16.0. The number of aromatic nitrogens is 3. The van der Waals surface area contributed by atoms with Gasteiger partial charge in [-0.15, -0.1) is 0 Å². The summed E-state index contributed by atoms with van der Waals surface area (Å²) in [6.45, 7) is 2.09. The van der Waals surface area contributed by atoms with Gasteiger partial charge in [0.15, 0.2) is 0 Å². The first kappa shape index (κ1) is 20.5. The second-order valence-electron chi connectivity index (χ2n) is 7.97. The number of fused-ring (bicyclic) bond motifs is 2. The molecule has 1 amide bonds. The van der Waals surface area contributed by atoms with Gasteiger partial charge in [0.1, 0.15) is 12.4 Å². The fraction of sp³-hybridized carbons (Fsp3) is 0.435. The van der Waals surface area contributed by atoms with E-state index < -0.39 is 0 Å². The molecule has 7 heteroatoms. The smallest absolute Gasteiger partial charge is 0.240 e. The van der Waals surface area contributed by atoms with Crippen LogP contribution in [-0.2, 0) is 24.3 Å². The van der Waals surface area contributed by atoms with E-state index in [0.29, 0.717) is 19.6 Å². The van der Waals surface area contributed by atoms with Gasteiger partial charge in [-0.2, -0.15) is 0 Å². The lowest BCUT2D eigenvalue weighted by Gasteiger charge is -2.32. The van der Waals surface area contributed by atoms with Gasteiger partial charge in [-0.25, -0.2) is 4.98 Å². The maximum Gasteiger partial charge on any atom is 0.240 e. The summed E-state index contributed by atoms with van der Waals surface area (Å²) in [5, 5.41) is 2.95. The molecule has 0 fully saturated rings. The lowest BCUT2D eigenvalue weighted by molar-refractivity contribution is -0.121. The third-order valence-electron chi connectivity index (χ3n) is 5.83. The molecule has 1 unspecified atom stereocenters. The zero-order chi connectivity index (χ0) is 20.9. The number of imidazole rings is 1. The number of carbonyl (C=O) groups excluding carboxylic acids is 1. The number of carbonyl (C=O) groups is 1. The van der Waals surface area contributed by atoms with Crippen LogP contribution in [0.15, 0.2) is 42.6 Å². The van der Waals surface area contributed by atoms with Crippen molar-refractivity contribution in [1.29, 1.82) is 0 Å². The van der Waals surface area contributed by atoms with E-state index in [1.807, 2.05) is 41.1 Å². The quantitative estimate of drug-likeness (QED) is 0.561. The molecule has 2 aromatic heterocycles. The number of aryl methyl sites for hydroxylation is 1. The molecular formula is C23H30N6O. The van der Waals surface area contributed by atoms with Crippen molar-refractivity contribution in [3.8, 4) is 0 Å². The molecule has 1 aliphatic carbocycles. The van der Waals surface area contributed by atoms with E-state index in [0.717, 1.165) is 42.5 Å². The average molecular weight is 407 g/mol. The van der Waals surface area contributed by atoms with Crippen molar-refractivity contribution in [1.82, 2.24) is 24.8 Å². The minimum absolute atomic E-state index is 0.0137. The van der Waals surface area contributed by atoms with E-state index in [2.05, 4.69) is 28.3 Å². The molecule has 4 rings (SSSR count). The Morgan fingerprint density at radius 2 is 2.17 bits per heavy atom. The van der Waals surface area contributed by atoms with Gasteiger partial charge in [-0.05, 0) is 63.0 Å². The topological polar surface area (TPSA) is 89.1 Å². The van der Waals surface area contributed by atoms with Gasteiger partial charge in [0.25, 0.3) is 0 Å². The first-order chi connectivity index (χ1) is 14.7. The van der Waals surface area contributed by atoms with Crippen LogP contribution in [0.1, 0.15) is 42.4 Å². The molecule has 7 nitrogen and oxygen atoms in total. The van der Waals surface area contributed by atoms with Gasteiger partial charge >= 0.3 is 0 Å². The van der Waals surface area contributed by atoms with Gasteiger partial charge in [0, 0.05) is 12.7 Å². The molecule has 0 bridgehead atoms. The number of pyridine rings is 1. The molecular weight excluding hydrogens is 376 g/mol. The second kappa shape index (κ2) is 9.36. The van der Waals surface area contributed by atoms with Gasteiger partial charge in [-0.3, -0.25) is 14.7 Å². The van der Waals surface area contributed by atoms with Crippen molar-refractivity contribution < 1.29 is 4.79 Å². The largest absolute Gasteiger partial charge is 0.355 e. The van der Waals surface area contributed by atoms with Crippen LogP contribution >= 0.6 is 0 Å². The molecule has 2 heterocycles. The second-order valence-corrected chi connectivity index (χ2v) is 7.97. The molecule has 3 N–H and O–H groups in total. The number of hydrogen-bond donors (Lipinski definition) is 2. The van der Waals surface area contributed by atoms with Gasteiger partial charge < -0.3 is 15.6 Å². The van der Waals surface area contributed by atoms with Crippen molar-refractivity contribution in [2.75, 3.05) is 20.1 Å². The van der Waals surface area contributed by atoms with Crippen LogP contribution in [0.2, 0.25) is 0 Å². The Bertz CT molecular complexity index is 1010. The number of para-hydroxylation sites is 2. The van der Waals surface area contributed by atoms with Crippen LogP contribution in [-0.4, -0.2) is 45.5 Å². The van der Waals surface area contributed by atoms with Crippen molar-refractivity contribution in [2.24, 2.45) is 5.73 Å². The summed E-state index contributed by atoms with van der Waals surface area (Å²) in [6, 6.07) is 12.5. The van der Waals surface area contributed by atoms with E-state index in [1.165, 1.54) is 11.3 Å². The van der Waals surface area contributed by atoms with Gasteiger partial charge in [-0.1, -0.05) is 18.2 Å². The molecule has 30 heavy (non-hydrogen) atoms. The number of amides is 1. The summed E-state index contributed by atoms with van der Waals surface area (Å²) in [6.07, 6.45) is 6.00. The fourth-order valence-electron chi connectivity index (χ4n) is 4.30. The molecule has 1 aliphatic rings. The van der Waals surface area contributed by atoms with Crippen LogP contribution < -0.4 is 11.1 Å². The monoisotopic (exact) mass is 406 g/mol. The molecule has 0 aliphatic heterocycles. The summed E-state index contributed by atoms with van der Waals surface area (Å²) in [4.78, 5) is 24.4. The van der Waals surface area contributed by atoms with E-state index >= 15 is 0 Å². The highest BCUT2D eigenvalue weighted by Crippen LogP contribution is 2.32. The lowest BCUT2D eigenvalue weighted by Crippen LogP contribution is -2.32. The minimum Gasteiger partial charge on any atom is -0.355 e. The zero-order valence-corrected chi connectivity index (χ0v) is 17.6. The summed E-state index contributed by atoms with van der Waals surface area (Å²) in [5.74, 6) is 0.885. The Morgan fingerprint density at radius 1 is 1.30 bits per heavy atom. The molecule has 0 saturated carbocycles. The number of hydrogen-bond acceptors (Lipinski definition) is 5. The van der Waals surface area contributed by atoms with Crippen molar-refractivity contribution in [2.45, 2.75) is 44.8 Å². The molecule has 0 saturated heterocycles. The number of rotatable bonds is 8. The fourth-order valence-corrected chi connectivity index (χ4v) is 4.30. The molecule has 0 spiro atoms. The van der Waals surface area contributed by atoms with Gasteiger partial charge in [0.2, 0.25) is 5.91 Å². The SMILES string of the molecule is CN(Cc1nc2ccccc2n1CC(=O)NCCCN)C1CCCc2cccnc21. The Labute approximate surface area is 177 Å². The third kappa shape index (κ3) is 4.37. The van der Waals surface area contributed by atoms with E-state index in [9.17, 15) is 4.79 Å². The standard InChI is InChI=1S/C23H30N6O/c1-28(20-11-4-7-17-8-5-13-26-23(17)20)15-21-27-18-9-2-3-10-19(18)29(21)16-22(30)25-14-6-12-24/h2-3,5,8-10,13,20H,4,6-7,11-12,14-16,24H2,1H3,(H,25,30). The number of nitrogens with two attached hydrogens (primary N) is 1.